The van der Waals surface area contributed by atoms with Gasteiger partial charge in [-0.1, -0.05) is 39.5 Å². The van der Waals surface area contributed by atoms with Crippen LogP contribution in [0.15, 0.2) is 0 Å². The van der Waals surface area contributed by atoms with Gasteiger partial charge in [-0.2, -0.15) is 0 Å². The average molecular weight is 407 g/mol. The van der Waals surface area contributed by atoms with Gasteiger partial charge in [0.2, 0.25) is 5.79 Å². The molecule has 1 atom stereocenters. The van der Waals surface area contributed by atoms with Crippen LogP contribution < -0.4 is 0 Å². The molecule has 0 heterocycles. The number of methoxy groups -OCH3 is 5. The van der Waals surface area contributed by atoms with E-state index in [0.29, 0.717) is 12.3 Å². The zero-order valence-corrected chi connectivity index (χ0v) is 19.2. The summed E-state index contributed by atoms with van der Waals surface area (Å²) in [5, 5.41) is 0. The lowest BCUT2D eigenvalue weighted by Crippen LogP contribution is -2.73. The Labute approximate surface area is 165 Å². The summed E-state index contributed by atoms with van der Waals surface area (Å²) in [5.74, 6) is -4.42. The van der Waals surface area contributed by atoms with Crippen LogP contribution in [0.3, 0.4) is 0 Å². The molecule has 6 radical (unpaired) electrons. The molecular weight excluding hydrogens is 372 g/mol. The summed E-state index contributed by atoms with van der Waals surface area (Å²) in [6.07, 6.45) is 5.87. The molecule has 26 heavy (non-hydrogen) atoms. The van der Waals surface area contributed by atoms with E-state index in [-0.39, 0.29) is 0 Å². The van der Waals surface area contributed by atoms with E-state index >= 15 is 0 Å². The monoisotopic (exact) mass is 406 g/mol. The molecule has 0 aliphatic carbocycles. The molecule has 7 nitrogen and oxygen atoms in total. The molecule has 0 saturated carbocycles. The van der Waals surface area contributed by atoms with Gasteiger partial charge in [-0.05, 0) is 12.3 Å². The third-order valence-corrected chi connectivity index (χ3v) is 5.64. The quantitative estimate of drug-likeness (QED) is 0.288. The Kier molecular flexibility index (Phi) is 12.7. The zero-order chi connectivity index (χ0) is 20.3. The van der Waals surface area contributed by atoms with Gasteiger partial charge in [0, 0.05) is 42.0 Å². The summed E-state index contributed by atoms with van der Waals surface area (Å²) in [7, 11) is 13.3. The highest BCUT2D eigenvalue weighted by Gasteiger charge is 2.69. The summed E-state index contributed by atoms with van der Waals surface area (Å²) >= 11 is 0. The Balaban J connectivity index is 5.92. The van der Waals surface area contributed by atoms with Gasteiger partial charge in [0.25, 0.3) is 21.0 Å². The zero-order valence-electron chi connectivity index (χ0n) is 17.2. The van der Waals surface area contributed by atoms with E-state index in [1.807, 2.05) is 0 Å². The van der Waals surface area contributed by atoms with E-state index in [1.54, 1.807) is 0 Å². The largest absolute Gasteiger partial charge is 0.367 e. The van der Waals surface area contributed by atoms with E-state index in [2.05, 4.69) is 34.8 Å². The normalized spacial score (nSPS) is 14.7. The van der Waals surface area contributed by atoms with Crippen molar-refractivity contribution in [1.82, 2.24) is 0 Å². The van der Waals surface area contributed by atoms with E-state index in [1.165, 1.54) is 42.0 Å². The molecule has 9 heteroatoms. The fourth-order valence-corrected chi connectivity index (χ4v) is 4.01. The maximum Gasteiger partial charge on any atom is 0.326 e. The minimum Gasteiger partial charge on any atom is -0.367 e. The molecule has 0 amide bonds. The van der Waals surface area contributed by atoms with Crippen LogP contribution >= 0.6 is 0 Å². The molecule has 0 N–H and O–H groups in total. The predicted molar refractivity (Wildman–Crippen MR) is 99.5 cm³/mol. The second-order valence-corrected chi connectivity index (χ2v) is 6.51. The van der Waals surface area contributed by atoms with Crippen LogP contribution in [-0.2, 0) is 32.5 Å². The fraction of sp³-hybridized carbons (Fsp3) is 1.00. The average Bonchev–Trinajstić information content (AvgIpc) is 2.70. The first-order chi connectivity index (χ1) is 12.4. The first-order valence-electron chi connectivity index (χ1n) is 8.87. The Morgan fingerprint density at radius 3 is 1.62 bits per heavy atom. The Bertz CT molecular complexity index is 351. The van der Waals surface area contributed by atoms with Gasteiger partial charge in [-0.25, -0.2) is 0 Å². The van der Waals surface area contributed by atoms with Crippen LogP contribution in [0.25, 0.3) is 0 Å². The van der Waals surface area contributed by atoms with Gasteiger partial charge in [0.05, 0.1) is 0 Å². The summed E-state index contributed by atoms with van der Waals surface area (Å²) < 4.78 is 39.0. The van der Waals surface area contributed by atoms with Gasteiger partial charge in [0.1, 0.15) is 0 Å². The minimum atomic E-state index is -1.86. The second kappa shape index (κ2) is 12.6. The van der Waals surface area contributed by atoms with Gasteiger partial charge < -0.3 is 32.5 Å². The van der Waals surface area contributed by atoms with Crippen LogP contribution in [-0.4, -0.2) is 74.1 Å². The van der Waals surface area contributed by atoms with Crippen molar-refractivity contribution >= 4 is 21.0 Å². The van der Waals surface area contributed by atoms with E-state index in [9.17, 15) is 0 Å². The fourth-order valence-electron chi connectivity index (χ4n) is 3.41. The van der Waals surface area contributed by atoms with Crippen molar-refractivity contribution in [2.75, 3.05) is 35.5 Å². The smallest absolute Gasteiger partial charge is 0.326 e. The van der Waals surface area contributed by atoms with Crippen molar-refractivity contribution in [3.63, 3.8) is 0 Å². The Morgan fingerprint density at radius 1 is 0.769 bits per heavy atom. The lowest BCUT2D eigenvalue weighted by molar-refractivity contribution is -0.510. The summed E-state index contributed by atoms with van der Waals surface area (Å²) in [6.45, 7) is 4.37. The highest BCUT2D eigenvalue weighted by Crippen LogP contribution is 2.45. The third-order valence-electron chi connectivity index (χ3n) is 5.10. The van der Waals surface area contributed by atoms with Crippen LogP contribution in [0.1, 0.15) is 52.4 Å². The van der Waals surface area contributed by atoms with Crippen LogP contribution in [0.5, 0.6) is 0 Å². The maximum atomic E-state index is 5.79. The molecule has 0 aromatic heterocycles. The van der Waals surface area contributed by atoms with Crippen molar-refractivity contribution < 1.29 is 32.5 Å². The molecule has 0 spiro atoms. The number of unbranched alkanes of at least 4 members (excludes halogenated alkanes) is 1. The molecule has 0 aliphatic heterocycles. The lowest BCUT2D eigenvalue weighted by Gasteiger charge is -2.53. The van der Waals surface area contributed by atoms with Crippen molar-refractivity contribution in [2.45, 2.75) is 69.9 Å². The summed E-state index contributed by atoms with van der Waals surface area (Å²) in [4.78, 5) is 0. The first-order valence-corrected chi connectivity index (χ1v) is 9.69. The maximum absolute atomic E-state index is 5.79. The standard InChI is InChI=1S/C17H34O7Si2/c1-8-10-11-14(9-2)12-13-15(18-3,19-4)16(20-5,21-6)17(22-7,23-25)24-26/h14H,8-13H2,1-7H3. The van der Waals surface area contributed by atoms with Crippen LogP contribution in [0.2, 0.25) is 0 Å². The van der Waals surface area contributed by atoms with Crippen LogP contribution in [0.4, 0.5) is 0 Å². The number of ether oxygens (including phenoxy) is 5. The number of hydrogen-bond donors (Lipinski definition) is 0. The molecule has 0 bridgehead atoms. The van der Waals surface area contributed by atoms with Gasteiger partial charge in [0.15, 0.2) is 0 Å². The van der Waals surface area contributed by atoms with Gasteiger partial charge in [-0.3, -0.25) is 0 Å². The molecule has 0 saturated heterocycles. The molecule has 0 aromatic carbocycles. The molecule has 0 aromatic rings. The van der Waals surface area contributed by atoms with Crippen molar-refractivity contribution in [1.29, 1.82) is 0 Å². The Morgan fingerprint density at radius 2 is 1.31 bits per heavy atom. The lowest BCUT2D eigenvalue weighted by atomic mass is 9.88. The van der Waals surface area contributed by atoms with Gasteiger partial charge >= 0.3 is 11.8 Å². The topological polar surface area (TPSA) is 64.6 Å². The van der Waals surface area contributed by atoms with Crippen molar-refractivity contribution in [3.05, 3.63) is 0 Å². The molecule has 1 unspecified atom stereocenters. The highest BCUT2D eigenvalue weighted by molar-refractivity contribution is 6.00. The van der Waals surface area contributed by atoms with E-state index in [4.69, 9.17) is 32.5 Å². The van der Waals surface area contributed by atoms with E-state index < -0.39 is 17.5 Å². The molecular formula is C17H34O7Si2. The van der Waals surface area contributed by atoms with E-state index in [0.717, 1.165) is 25.7 Å². The molecule has 0 fully saturated rings. The first kappa shape index (κ1) is 26.2. The Hall–Kier alpha value is 0.154. The van der Waals surface area contributed by atoms with Crippen molar-refractivity contribution in [3.8, 4) is 0 Å². The number of rotatable bonds is 16. The molecule has 0 aliphatic rings. The van der Waals surface area contributed by atoms with Crippen LogP contribution in [0, 0.1) is 5.92 Å². The molecule has 152 valence electrons. The number of hydrogen-bond acceptors (Lipinski definition) is 7. The SMILES string of the molecule is CCCCC(CC)CCC(OC)(OC)C(OC)(OC)C(OC)(O[Si])O[Si]. The van der Waals surface area contributed by atoms with Gasteiger partial charge in [-0.15, -0.1) is 0 Å². The highest BCUT2D eigenvalue weighted by atomic mass is 28.2. The second-order valence-electron chi connectivity index (χ2n) is 6.11. The molecule has 0 rings (SSSR count). The minimum absolute atomic E-state index is 0.472. The van der Waals surface area contributed by atoms with Crippen molar-refractivity contribution in [2.24, 2.45) is 5.92 Å². The predicted octanol–water partition coefficient (Wildman–Crippen LogP) is 2.46. The third kappa shape index (κ3) is 4.95. The summed E-state index contributed by atoms with van der Waals surface area (Å²) in [6, 6.07) is 0. The summed E-state index contributed by atoms with van der Waals surface area (Å²) in [5.41, 5.74) is 0.